The molecule has 4 rings (SSSR count). The highest BCUT2D eigenvalue weighted by molar-refractivity contribution is 5.87. The minimum atomic E-state index is -0.799. The fourth-order valence-corrected chi connectivity index (χ4v) is 4.20. The number of para-hydroxylation sites is 2. The predicted octanol–water partition coefficient (Wildman–Crippen LogP) is 7.73. The lowest BCUT2D eigenvalue weighted by Gasteiger charge is -2.25. The second-order valence-electron chi connectivity index (χ2n) is 9.49. The Hall–Kier alpha value is -5.10. The number of benzene rings is 4. The van der Waals surface area contributed by atoms with Crippen molar-refractivity contribution in [2.45, 2.75) is 20.0 Å². The highest BCUT2D eigenvalue weighted by atomic mass is 16.6. The molecular weight excluding hydrogens is 514 g/mol. The number of esters is 2. The molecule has 1 unspecified atom stereocenters. The van der Waals surface area contributed by atoms with Crippen molar-refractivity contribution < 1.29 is 23.8 Å². The van der Waals surface area contributed by atoms with Gasteiger partial charge in [0.25, 0.3) is 0 Å². The maximum Gasteiger partial charge on any atom is 0.333 e. The predicted molar refractivity (Wildman–Crippen MR) is 163 cm³/mol. The lowest BCUT2D eigenvalue weighted by atomic mass is 10.0. The highest BCUT2D eigenvalue weighted by Gasteiger charge is 2.18. The Morgan fingerprint density at radius 2 is 1.37 bits per heavy atom. The van der Waals surface area contributed by atoms with Gasteiger partial charge in [-0.25, -0.2) is 9.59 Å². The van der Waals surface area contributed by atoms with Crippen LogP contribution in [0, 0.1) is 6.92 Å². The lowest BCUT2D eigenvalue weighted by Crippen LogP contribution is -2.30. The first-order chi connectivity index (χ1) is 19.9. The Balaban J connectivity index is 1.48. The summed E-state index contributed by atoms with van der Waals surface area (Å²) in [5.41, 5.74) is 6.48. The summed E-state index contributed by atoms with van der Waals surface area (Å²) in [6.45, 7) is 10.3. The lowest BCUT2D eigenvalue weighted by molar-refractivity contribution is -0.154. The van der Waals surface area contributed by atoms with E-state index in [0.29, 0.717) is 5.75 Å². The van der Waals surface area contributed by atoms with Gasteiger partial charge in [0.05, 0.1) is 0 Å². The van der Waals surface area contributed by atoms with Crippen LogP contribution in [0.5, 0.6) is 5.75 Å². The molecule has 208 valence electrons. The van der Waals surface area contributed by atoms with Crippen LogP contribution in [0.4, 0.5) is 17.1 Å². The van der Waals surface area contributed by atoms with Crippen LogP contribution in [0.1, 0.15) is 12.5 Å². The van der Waals surface area contributed by atoms with E-state index in [4.69, 9.17) is 14.2 Å². The molecule has 0 saturated carbocycles. The average molecular weight is 548 g/mol. The standard InChI is InChI=1S/C35H33NO5/c1-5-34(37)41-32(24-40-35(38)25(2)3)23-39-33-21-18-28(22-26(33)4)27-16-19-31(20-17-27)36(29-12-8-6-9-13-29)30-14-10-7-11-15-30/h5-22,32H,1-2,23-24H2,3-4H3. The van der Waals surface area contributed by atoms with Gasteiger partial charge < -0.3 is 19.1 Å². The van der Waals surface area contributed by atoms with Gasteiger partial charge in [0.15, 0.2) is 6.10 Å². The Morgan fingerprint density at radius 3 is 1.90 bits per heavy atom. The second-order valence-corrected chi connectivity index (χ2v) is 9.49. The number of nitrogens with zero attached hydrogens (tertiary/aromatic N) is 1. The molecule has 0 fully saturated rings. The van der Waals surface area contributed by atoms with E-state index in [-0.39, 0.29) is 18.8 Å². The molecule has 6 heteroatoms. The van der Waals surface area contributed by atoms with E-state index in [1.807, 2.05) is 61.5 Å². The van der Waals surface area contributed by atoms with Crippen LogP contribution in [0.2, 0.25) is 0 Å². The van der Waals surface area contributed by atoms with Gasteiger partial charge >= 0.3 is 11.9 Å². The molecule has 0 aliphatic carbocycles. The maximum absolute atomic E-state index is 11.8. The average Bonchev–Trinajstić information content (AvgIpc) is 3.00. The van der Waals surface area contributed by atoms with Gasteiger partial charge in [-0.05, 0) is 79.1 Å². The summed E-state index contributed by atoms with van der Waals surface area (Å²) in [5.74, 6) is -0.555. The number of aryl methyl sites for hydroxylation is 1. The largest absolute Gasteiger partial charge is 0.489 e. The Labute approximate surface area is 241 Å². The molecule has 4 aromatic rings. The van der Waals surface area contributed by atoms with Gasteiger partial charge in [-0.1, -0.05) is 67.8 Å². The van der Waals surface area contributed by atoms with Crippen LogP contribution >= 0.6 is 0 Å². The van der Waals surface area contributed by atoms with E-state index in [9.17, 15) is 9.59 Å². The number of anilines is 3. The molecule has 0 heterocycles. The summed E-state index contributed by atoms with van der Waals surface area (Å²) in [5, 5.41) is 0. The summed E-state index contributed by atoms with van der Waals surface area (Å²) in [4.78, 5) is 25.7. The van der Waals surface area contributed by atoms with E-state index < -0.39 is 18.0 Å². The molecule has 0 bridgehead atoms. The third-order valence-electron chi connectivity index (χ3n) is 6.29. The first kappa shape index (κ1) is 28.9. The van der Waals surface area contributed by atoms with Crippen molar-refractivity contribution in [1.82, 2.24) is 0 Å². The number of ether oxygens (including phenoxy) is 3. The van der Waals surface area contributed by atoms with Crippen LogP contribution in [0.15, 0.2) is 128 Å². The Morgan fingerprint density at radius 1 is 0.805 bits per heavy atom. The van der Waals surface area contributed by atoms with Crippen molar-refractivity contribution in [3.63, 3.8) is 0 Å². The molecular formula is C35H33NO5. The third kappa shape index (κ3) is 7.73. The SMILES string of the molecule is C=CC(=O)OC(COC(=O)C(=C)C)COc1ccc(-c2ccc(N(c3ccccc3)c3ccccc3)cc2)cc1C. The molecule has 0 aliphatic heterocycles. The second kappa shape index (κ2) is 13.8. The highest BCUT2D eigenvalue weighted by Crippen LogP contribution is 2.35. The minimum absolute atomic E-state index is 0.00669. The first-order valence-corrected chi connectivity index (χ1v) is 13.3. The van der Waals surface area contributed by atoms with Crippen LogP contribution < -0.4 is 9.64 Å². The molecule has 4 aromatic carbocycles. The zero-order valence-electron chi connectivity index (χ0n) is 23.3. The van der Waals surface area contributed by atoms with E-state index in [0.717, 1.165) is 39.8 Å². The summed E-state index contributed by atoms with van der Waals surface area (Å²) in [6, 6.07) is 34.9. The van der Waals surface area contributed by atoms with Crippen molar-refractivity contribution in [2.75, 3.05) is 18.1 Å². The number of hydrogen-bond donors (Lipinski definition) is 0. The summed E-state index contributed by atoms with van der Waals surface area (Å²) < 4.78 is 16.4. The van der Waals surface area contributed by atoms with Crippen molar-refractivity contribution in [3.8, 4) is 16.9 Å². The third-order valence-corrected chi connectivity index (χ3v) is 6.29. The molecule has 0 aliphatic rings. The van der Waals surface area contributed by atoms with E-state index in [2.05, 4.69) is 66.6 Å². The van der Waals surface area contributed by atoms with E-state index in [1.54, 1.807) is 6.92 Å². The molecule has 1 atom stereocenters. The molecule has 41 heavy (non-hydrogen) atoms. The summed E-state index contributed by atoms with van der Waals surface area (Å²) >= 11 is 0. The normalized spacial score (nSPS) is 11.2. The van der Waals surface area contributed by atoms with Gasteiger partial charge in [-0.15, -0.1) is 0 Å². The smallest absolute Gasteiger partial charge is 0.333 e. The van der Waals surface area contributed by atoms with Gasteiger partial charge in [-0.3, -0.25) is 0 Å². The van der Waals surface area contributed by atoms with Gasteiger partial charge in [0, 0.05) is 28.7 Å². The molecule has 0 spiro atoms. The molecule has 0 amide bonds. The number of carbonyl (C=O) groups excluding carboxylic acids is 2. The summed E-state index contributed by atoms with van der Waals surface area (Å²) in [6.07, 6.45) is 0.255. The quantitative estimate of drug-likeness (QED) is 0.134. The molecule has 6 nitrogen and oxygen atoms in total. The fourth-order valence-electron chi connectivity index (χ4n) is 4.20. The van der Waals surface area contributed by atoms with Crippen molar-refractivity contribution in [2.24, 2.45) is 0 Å². The first-order valence-electron chi connectivity index (χ1n) is 13.3. The van der Waals surface area contributed by atoms with Crippen molar-refractivity contribution in [1.29, 1.82) is 0 Å². The fraction of sp³-hybridized carbons (Fsp3) is 0.143. The number of rotatable bonds is 12. The van der Waals surface area contributed by atoms with E-state index in [1.165, 1.54) is 0 Å². The molecule has 0 saturated heterocycles. The molecule has 0 N–H and O–H groups in total. The van der Waals surface area contributed by atoms with Crippen LogP contribution in [-0.4, -0.2) is 31.3 Å². The number of hydrogen-bond acceptors (Lipinski definition) is 6. The monoisotopic (exact) mass is 547 g/mol. The van der Waals surface area contributed by atoms with Gasteiger partial charge in [-0.2, -0.15) is 0 Å². The minimum Gasteiger partial charge on any atom is -0.489 e. The van der Waals surface area contributed by atoms with Crippen LogP contribution in [0.25, 0.3) is 11.1 Å². The van der Waals surface area contributed by atoms with E-state index >= 15 is 0 Å². The molecule has 0 radical (unpaired) electrons. The zero-order chi connectivity index (χ0) is 29.2. The Kier molecular flexibility index (Phi) is 9.73. The number of carbonyl (C=O) groups is 2. The van der Waals surface area contributed by atoms with Crippen molar-refractivity contribution in [3.05, 3.63) is 133 Å². The van der Waals surface area contributed by atoms with Crippen molar-refractivity contribution >= 4 is 29.0 Å². The zero-order valence-corrected chi connectivity index (χ0v) is 23.3. The summed E-state index contributed by atoms with van der Waals surface area (Å²) in [7, 11) is 0. The van der Waals surface area contributed by atoms with Gasteiger partial charge in [0.1, 0.15) is 19.0 Å². The maximum atomic E-state index is 11.8. The topological polar surface area (TPSA) is 65.1 Å². The molecule has 0 aromatic heterocycles. The van der Waals surface area contributed by atoms with Crippen LogP contribution in [0.3, 0.4) is 0 Å². The van der Waals surface area contributed by atoms with Gasteiger partial charge in [0.2, 0.25) is 0 Å². The van der Waals surface area contributed by atoms with Crippen LogP contribution in [-0.2, 0) is 19.1 Å². The Bertz CT molecular complexity index is 1460.